The van der Waals surface area contributed by atoms with Gasteiger partial charge in [0, 0.05) is 43.6 Å². The van der Waals surface area contributed by atoms with Crippen LogP contribution >= 0.6 is 0 Å². The van der Waals surface area contributed by atoms with Crippen molar-refractivity contribution in [2.45, 2.75) is 56.5 Å². The molecule has 0 saturated carbocycles. The van der Waals surface area contributed by atoms with E-state index in [0.717, 1.165) is 12.8 Å². The Morgan fingerprint density at radius 3 is 2.33 bits per heavy atom. The monoisotopic (exact) mass is 598 g/mol. The number of carbonyl (C=O) groups excluding carboxylic acids is 2. The van der Waals surface area contributed by atoms with E-state index in [9.17, 15) is 18.0 Å². The number of hydrogen-bond donors (Lipinski definition) is 2. The summed E-state index contributed by atoms with van der Waals surface area (Å²) in [6.45, 7) is 5.91. The number of nitrogens with zero attached hydrogens (tertiary/aromatic N) is 4. The van der Waals surface area contributed by atoms with E-state index in [0.29, 0.717) is 29.2 Å². The highest BCUT2D eigenvalue weighted by Crippen LogP contribution is 2.26. The third-order valence-corrected chi connectivity index (χ3v) is 8.48. The van der Waals surface area contributed by atoms with Crippen LogP contribution in [-0.4, -0.2) is 65.9 Å². The minimum absolute atomic E-state index is 0.0191. The summed E-state index contributed by atoms with van der Waals surface area (Å²) in [4.78, 5) is 40.7. The van der Waals surface area contributed by atoms with Gasteiger partial charge in [-0.1, -0.05) is 18.2 Å². The molecule has 224 valence electrons. The maximum absolute atomic E-state index is 15.0. The highest BCUT2D eigenvalue weighted by atomic mass is 32.2. The molecule has 1 aliphatic rings. The standard InChI is InChI=1S/C29H35FN6O5S/c1-29(2,3)36(42(39,40)23-8-5-4-6-9-23)41-26(37)12-17-31-27(38)21-10-11-25(24(30)20-21)35-18-13-22(14-19-35)34-28-32-15-7-16-33-28/h4-11,15-16,20,22H,12-14,17-19H2,1-3H3,(H,31,38)(H,32,33,34). The fourth-order valence-electron chi connectivity index (χ4n) is 4.48. The van der Waals surface area contributed by atoms with Crippen molar-refractivity contribution in [3.05, 3.63) is 78.4 Å². The summed E-state index contributed by atoms with van der Waals surface area (Å²) >= 11 is 0. The first-order chi connectivity index (χ1) is 19.9. The van der Waals surface area contributed by atoms with Crippen molar-refractivity contribution in [1.82, 2.24) is 19.8 Å². The van der Waals surface area contributed by atoms with Gasteiger partial charge in [-0.15, -0.1) is 0 Å². The van der Waals surface area contributed by atoms with Crippen LogP contribution in [-0.2, 0) is 19.7 Å². The molecule has 1 fully saturated rings. The quantitative estimate of drug-likeness (QED) is 0.335. The van der Waals surface area contributed by atoms with Crippen molar-refractivity contribution in [1.29, 1.82) is 0 Å². The molecule has 4 rings (SSSR count). The second-order valence-electron chi connectivity index (χ2n) is 10.8. The summed E-state index contributed by atoms with van der Waals surface area (Å²) in [5.74, 6) is -1.37. The van der Waals surface area contributed by atoms with Crippen LogP contribution in [0.1, 0.15) is 50.4 Å². The molecule has 0 atom stereocenters. The Kier molecular flexibility index (Phi) is 9.74. The molecule has 1 amide bonds. The van der Waals surface area contributed by atoms with Crippen molar-refractivity contribution in [3.8, 4) is 0 Å². The minimum atomic E-state index is -4.13. The molecular formula is C29H35FN6O5S. The van der Waals surface area contributed by atoms with Crippen molar-refractivity contribution in [2.75, 3.05) is 29.9 Å². The van der Waals surface area contributed by atoms with Gasteiger partial charge in [0.2, 0.25) is 5.95 Å². The van der Waals surface area contributed by atoms with Crippen LogP contribution in [0.3, 0.4) is 0 Å². The highest BCUT2D eigenvalue weighted by Gasteiger charge is 2.38. The van der Waals surface area contributed by atoms with E-state index in [-0.39, 0.29) is 29.5 Å². The second-order valence-corrected chi connectivity index (χ2v) is 12.6. The van der Waals surface area contributed by atoms with Gasteiger partial charge >= 0.3 is 5.97 Å². The summed E-state index contributed by atoms with van der Waals surface area (Å²) in [6.07, 6.45) is 4.60. The van der Waals surface area contributed by atoms with Crippen LogP contribution in [0.25, 0.3) is 0 Å². The summed E-state index contributed by atoms with van der Waals surface area (Å²) in [5, 5.41) is 5.85. The van der Waals surface area contributed by atoms with Crippen molar-refractivity contribution >= 4 is 33.5 Å². The third kappa shape index (κ3) is 7.79. The van der Waals surface area contributed by atoms with Gasteiger partial charge in [-0.25, -0.2) is 22.8 Å². The summed E-state index contributed by atoms with van der Waals surface area (Å²) in [5.41, 5.74) is -0.550. The normalized spacial score (nSPS) is 14.5. The number of piperidine rings is 1. The van der Waals surface area contributed by atoms with Crippen LogP contribution in [0.2, 0.25) is 0 Å². The molecule has 13 heteroatoms. The Balaban J connectivity index is 1.28. The van der Waals surface area contributed by atoms with E-state index in [1.165, 1.54) is 24.3 Å². The smallest absolute Gasteiger partial charge is 0.328 e. The van der Waals surface area contributed by atoms with E-state index in [2.05, 4.69) is 20.6 Å². The molecule has 0 bridgehead atoms. The number of nitrogens with one attached hydrogen (secondary N) is 2. The fraction of sp³-hybridized carbons (Fsp3) is 0.379. The Morgan fingerprint density at radius 1 is 1.05 bits per heavy atom. The Labute approximate surface area is 245 Å². The van der Waals surface area contributed by atoms with Gasteiger partial charge in [0.15, 0.2) is 0 Å². The first-order valence-corrected chi connectivity index (χ1v) is 15.1. The average molecular weight is 599 g/mol. The van der Waals surface area contributed by atoms with E-state index in [1.54, 1.807) is 63.5 Å². The lowest BCUT2D eigenvalue weighted by Gasteiger charge is -2.34. The molecule has 0 unspecified atom stereocenters. The average Bonchev–Trinajstić information content (AvgIpc) is 2.96. The molecule has 1 aromatic heterocycles. The van der Waals surface area contributed by atoms with E-state index in [4.69, 9.17) is 4.84 Å². The van der Waals surface area contributed by atoms with Gasteiger partial charge in [0.1, 0.15) is 5.82 Å². The van der Waals surface area contributed by atoms with Gasteiger partial charge < -0.3 is 20.4 Å². The van der Waals surface area contributed by atoms with Gasteiger partial charge in [-0.2, -0.15) is 0 Å². The van der Waals surface area contributed by atoms with Crippen LogP contribution in [0, 0.1) is 5.82 Å². The molecule has 2 heterocycles. The lowest BCUT2D eigenvalue weighted by atomic mass is 10.0. The predicted molar refractivity (Wildman–Crippen MR) is 156 cm³/mol. The molecule has 11 nitrogen and oxygen atoms in total. The zero-order valence-corrected chi connectivity index (χ0v) is 24.6. The summed E-state index contributed by atoms with van der Waals surface area (Å²) in [7, 11) is -4.13. The molecular weight excluding hydrogens is 563 g/mol. The molecule has 1 saturated heterocycles. The van der Waals surface area contributed by atoms with Gasteiger partial charge in [0.05, 0.1) is 22.5 Å². The molecule has 2 N–H and O–H groups in total. The van der Waals surface area contributed by atoms with E-state index in [1.807, 2.05) is 4.90 Å². The molecule has 0 aliphatic carbocycles. The number of rotatable bonds is 10. The number of carbonyl (C=O) groups is 2. The largest absolute Gasteiger partial charge is 0.369 e. The minimum Gasteiger partial charge on any atom is -0.369 e. The molecule has 42 heavy (non-hydrogen) atoms. The number of hydroxylamine groups is 1. The molecule has 2 aromatic carbocycles. The molecule has 3 aromatic rings. The number of amides is 1. The topological polar surface area (TPSA) is 134 Å². The number of anilines is 2. The predicted octanol–water partition coefficient (Wildman–Crippen LogP) is 3.76. The number of halogens is 1. The first kappa shape index (κ1) is 30.8. The lowest BCUT2D eigenvalue weighted by molar-refractivity contribution is -0.182. The van der Waals surface area contributed by atoms with Crippen LogP contribution in [0.15, 0.2) is 71.9 Å². The zero-order valence-electron chi connectivity index (χ0n) is 23.8. The zero-order chi connectivity index (χ0) is 30.3. The highest BCUT2D eigenvalue weighted by molar-refractivity contribution is 7.89. The first-order valence-electron chi connectivity index (χ1n) is 13.6. The van der Waals surface area contributed by atoms with Crippen molar-refractivity contribution < 1.29 is 27.2 Å². The van der Waals surface area contributed by atoms with Crippen LogP contribution in [0.4, 0.5) is 16.0 Å². The van der Waals surface area contributed by atoms with Crippen molar-refractivity contribution in [3.63, 3.8) is 0 Å². The second kappa shape index (κ2) is 13.3. The molecule has 0 radical (unpaired) electrons. The van der Waals surface area contributed by atoms with Crippen LogP contribution < -0.4 is 15.5 Å². The van der Waals surface area contributed by atoms with Crippen LogP contribution in [0.5, 0.6) is 0 Å². The van der Waals surface area contributed by atoms with E-state index >= 15 is 4.39 Å². The number of aromatic nitrogens is 2. The Morgan fingerprint density at radius 2 is 1.71 bits per heavy atom. The Bertz CT molecular complexity index is 1480. The summed E-state index contributed by atoms with van der Waals surface area (Å²) < 4.78 is 41.8. The van der Waals surface area contributed by atoms with Gasteiger partial charge in [-0.3, -0.25) is 9.59 Å². The van der Waals surface area contributed by atoms with E-state index < -0.39 is 33.3 Å². The maximum atomic E-state index is 15.0. The maximum Gasteiger partial charge on any atom is 0.328 e. The molecule has 1 aliphatic heterocycles. The fourth-order valence-corrected chi connectivity index (χ4v) is 6.07. The third-order valence-electron chi connectivity index (χ3n) is 6.55. The SMILES string of the molecule is CC(C)(C)N(OC(=O)CCNC(=O)c1ccc(N2CCC(Nc3ncccn3)CC2)c(F)c1)S(=O)(=O)c1ccccc1. The number of hydrogen-bond acceptors (Lipinski definition) is 9. The number of sulfonamides is 1. The Hall–Kier alpha value is -4.10. The number of benzene rings is 2. The van der Waals surface area contributed by atoms with Gasteiger partial charge in [0.25, 0.3) is 15.9 Å². The van der Waals surface area contributed by atoms with Gasteiger partial charge in [-0.05, 0) is 74.5 Å². The van der Waals surface area contributed by atoms with Crippen molar-refractivity contribution in [2.24, 2.45) is 0 Å². The molecule has 0 spiro atoms. The lowest BCUT2D eigenvalue weighted by Crippen LogP contribution is -2.46. The summed E-state index contributed by atoms with van der Waals surface area (Å²) in [6, 6.07) is 13.8.